The van der Waals surface area contributed by atoms with E-state index in [9.17, 15) is 4.79 Å². The Morgan fingerprint density at radius 1 is 1.58 bits per heavy atom. The number of nitrogens with one attached hydrogen (secondary N) is 1. The van der Waals surface area contributed by atoms with Crippen molar-refractivity contribution in [2.75, 3.05) is 13.1 Å². The molecule has 0 unspecified atom stereocenters. The van der Waals surface area contributed by atoms with Crippen LogP contribution in [0.25, 0.3) is 0 Å². The summed E-state index contributed by atoms with van der Waals surface area (Å²) < 4.78 is 5.27. The highest BCUT2D eigenvalue weighted by atomic mass is 32.1. The summed E-state index contributed by atoms with van der Waals surface area (Å²) in [5.74, 6) is 0. The highest BCUT2D eigenvalue weighted by Crippen LogP contribution is 2.17. The Morgan fingerprint density at radius 2 is 2.37 bits per heavy atom. The zero-order valence-corrected chi connectivity index (χ0v) is 12.6. The van der Waals surface area contributed by atoms with E-state index in [0.717, 1.165) is 26.1 Å². The van der Waals surface area contributed by atoms with Gasteiger partial charge in [0, 0.05) is 30.6 Å². The molecule has 1 aromatic rings. The van der Waals surface area contributed by atoms with E-state index >= 15 is 0 Å². The van der Waals surface area contributed by atoms with Gasteiger partial charge in [-0.1, -0.05) is 6.07 Å². The molecule has 1 atom stereocenters. The second kappa shape index (κ2) is 5.92. The number of amides is 1. The van der Waals surface area contributed by atoms with Gasteiger partial charge in [0.25, 0.3) is 0 Å². The van der Waals surface area contributed by atoms with Gasteiger partial charge in [0.15, 0.2) is 0 Å². The molecule has 0 bridgehead atoms. The molecular weight excluding hydrogens is 260 g/mol. The van der Waals surface area contributed by atoms with Crippen LogP contribution in [0.1, 0.15) is 32.1 Å². The van der Waals surface area contributed by atoms with Crippen molar-refractivity contribution in [1.82, 2.24) is 10.2 Å². The first kappa shape index (κ1) is 14.3. The number of thiophene rings is 1. The summed E-state index contributed by atoms with van der Waals surface area (Å²) >= 11 is 1.78. The van der Waals surface area contributed by atoms with Gasteiger partial charge >= 0.3 is 6.09 Å². The predicted molar refractivity (Wildman–Crippen MR) is 77.4 cm³/mol. The van der Waals surface area contributed by atoms with Crippen molar-refractivity contribution in [2.45, 2.75) is 45.4 Å². The van der Waals surface area contributed by atoms with Crippen LogP contribution in [-0.2, 0) is 11.3 Å². The lowest BCUT2D eigenvalue weighted by Crippen LogP contribution is -2.40. The van der Waals surface area contributed by atoms with Crippen LogP contribution < -0.4 is 5.32 Å². The van der Waals surface area contributed by atoms with Crippen LogP contribution in [0.2, 0.25) is 0 Å². The molecule has 1 amide bonds. The first-order chi connectivity index (χ1) is 8.92. The Bertz CT molecular complexity index is 412. The van der Waals surface area contributed by atoms with Crippen LogP contribution in [0.3, 0.4) is 0 Å². The van der Waals surface area contributed by atoms with E-state index in [-0.39, 0.29) is 12.1 Å². The number of rotatable bonds is 3. The van der Waals surface area contributed by atoms with Crippen molar-refractivity contribution < 1.29 is 9.53 Å². The molecule has 5 heteroatoms. The van der Waals surface area contributed by atoms with Gasteiger partial charge in [-0.2, -0.15) is 0 Å². The highest BCUT2D eigenvalue weighted by molar-refractivity contribution is 7.09. The monoisotopic (exact) mass is 282 g/mol. The molecule has 1 aromatic heterocycles. The number of nitrogens with zero attached hydrogens (tertiary/aromatic N) is 1. The minimum absolute atomic E-state index is 0.204. The second-order valence-corrected chi connectivity index (χ2v) is 6.98. The third-order valence-corrected chi connectivity index (χ3v) is 3.81. The second-order valence-electron chi connectivity index (χ2n) is 5.95. The smallest absolute Gasteiger partial charge is 0.407 e. The number of ether oxygens (including phenoxy) is 1. The fourth-order valence-electron chi connectivity index (χ4n) is 2.19. The van der Waals surface area contributed by atoms with Crippen molar-refractivity contribution in [3.63, 3.8) is 0 Å². The van der Waals surface area contributed by atoms with Crippen molar-refractivity contribution >= 4 is 17.4 Å². The number of likely N-dealkylation sites (tertiary alicyclic amines) is 1. The Morgan fingerprint density at radius 3 is 3.00 bits per heavy atom. The maximum Gasteiger partial charge on any atom is 0.407 e. The molecule has 1 N–H and O–H groups in total. The molecule has 4 nitrogen and oxygen atoms in total. The molecule has 2 rings (SSSR count). The van der Waals surface area contributed by atoms with Gasteiger partial charge in [-0.3, -0.25) is 4.90 Å². The van der Waals surface area contributed by atoms with Crippen LogP contribution in [0.4, 0.5) is 4.79 Å². The molecule has 2 heterocycles. The lowest BCUT2D eigenvalue weighted by molar-refractivity contribution is 0.0506. The van der Waals surface area contributed by atoms with Crippen LogP contribution in [0.5, 0.6) is 0 Å². The van der Waals surface area contributed by atoms with Crippen molar-refractivity contribution in [2.24, 2.45) is 0 Å². The molecule has 1 fully saturated rings. The average Bonchev–Trinajstić information content (AvgIpc) is 2.88. The van der Waals surface area contributed by atoms with E-state index in [1.807, 2.05) is 20.8 Å². The minimum Gasteiger partial charge on any atom is -0.444 e. The van der Waals surface area contributed by atoms with E-state index in [1.165, 1.54) is 4.88 Å². The molecule has 106 valence electrons. The van der Waals surface area contributed by atoms with Crippen LogP contribution >= 0.6 is 11.3 Å². The first-order valence-electron chi connectivity index (χ1n) is 6.66. The molecule has 1 saturated heterocycles. The Balaban J connectivity index is 1.74. The van der Waals surface area contributed by atoms with Gasteiger partial charge in [0.1, 0.15) is 5.60 Å². The van der Waals surface area contributed by atoms with E-state index in [4.69, 9.17) is 4.74 Å². The Kier molecular flexibility index (Phi) is 4.47. The molecule has 0 aromatic carbocycles. The van der Waals surface area contributed by atoms with Gasteiger partial charge in [-0.15, -0.1) is 11.3 Å². The molecule has 1 aliphatic heterocycles. The largest absolute Gasteiger partial charge is 0.444 e. The molecule has 1 aliphatic rings. The third-order valence-electron chi connectivity index (χ3n) is 2.95. The summed E-state index contributed by atoms with van der Waals surface area (Å²) in [6, 6.07) is 4.43. The number of hydrogen-bond donors (Lipinski definition) is 1. The topological polar surface area (TPSA) is 41.6 Å². The lowest BCUT2D eigenvalue weighted by atomic mass is 10.2. The van der Waals surface area contributed by atoms with Gasteiger partial charge in [-0.25, -0.2) is 4.79 Å². The van der Waals surface area contributed by atoms with Gasteiger partial charge in [-0.05, 0) is 38.6 Å². The van der Waals surface area contributed by atoms with E-state index in [2.05, 4.69) is 27.7 Å². The zero-order valence-electron chi connectivity index (χ0n) is 11.8. The normalized spacial score (nSPS) is 20.5. The van der Waals surface area contributed by atoms with Crippen LogP contribution in [-0.4, -0.2) is 35.7 Å². The summed E-state index contributed by atoms with van der Waals surface area (Å²) in [7, 11) is 0. The van der Waals surface area contributed by atoms with Crippen molar-refractivity contribution in [3.05, 3.63) is 22.4 Å². The summed E-state index contributed by atoms with van der Waals surface area (Å²) in [5.41, 5.74) is -0.431. The standard InChI is InChI=1S/C14H22N2O2S/c1-14(2,3)18-13(17)15-11-6-7-16(9-11)10-12-5-4-8-19-12/h4-5,8,11H,6-7,9-10H2,1-3H3,(H,15,17)/t11-/m0/s1. The van der Waals surface area contributed by atoms with Gasteiger partial charge < -0.3 is 10.1 Å². The SMILES string of the molecule is CC(C)(C)OC(=O)N[C@H]1CCN(Cc2cccs2)C1. The maximum absolute atomic E-state index is 11.7. The fourth-order valence-corrected chi connectivity index (χ4v) is 2.94. The number of carbonyl (C=O) groups is 1. The summed E-state index contributed by atoms with van der Waals surface area (Å²) in [5, 5.41) is 5.04. The molecule has 0 radical (unpaired) electrons. The number of carbonyl (C=O) groups excluding carboxylic acids is 1. The Hall–Kier alpha value is -1.07. The molecule has 19 heavy (non-hydrogen) atoms. The summed E-state index contributed by atoms with van der Waals surface area (Å²) in [6.07, 6.45) is 0.681. The highest BCUT2D eigenvalue weighted by Gasteiger charge is 2.26. The van der Waals surface area contributed by atoms with Crippen LogP contribution in [0.15, 0.2) is 17.5 Å². The fraction of sp³-hybridized carbons (Fsp3) is 0.643. The number of hydrogen-bond acceptors (Lipinski definition) is 4. The third kappa shape index (κ3) is 4.84. The molecular formula is C14H22N2O2S. The summed E-state index contributed by atoms with van der Waals surface area (Å²) in [4.78, 5) is 15.4. The summed E-state index contributed by atoms with van der Waals surface area (Å²) in [6.45, 7) is 8.54. The molecule has 0 aliphatic carbocycles. The predicted octanol–water partition coefficient (Wildman–Crippen LogP) is 2.85. The average molecular weight is 282 g/mol. The molecule has 0 spiro atoms. The van der Waals surface area contributed by atoms with E-state index in [1.54, 1.807) is 11.3 Å². The van der Waals surface area contributed by atoms with Gasteiger partial charge in [0.2, 0.25) is 0 Å². The number of alkyl carbamates (subject to hydrolysis) is 1. The Labute approximate surface area is 118 Å². The quantitative estimate of drug-likeness (QED) is 0.927. The van der Waals surface area contributed by atoms with E-state index < -0.39 is 5.60 Å². The van der Waals surface area contributed by atoms with Gasteiger partial charge in [0.05, 0.1) is 0 Å². The van der Waals surface area contributed by atoms with E-state index in [0.29, 0.717) is 0 Å². The molecule has 0 saturated carbocycles. The van der Waals surface area contributed by atoms with Crippen molar-refractivity contribution in [3.8, 4) is 0 Å². The lowest BCUT2D eigenvalue weighted by Gasteiger charge is -2.22. The minimum atomic E-state index is -0.431. The van der Waals surface area contributed by atoms with Crippen molar-refractivity contribution in [1.29, 1.82) is 0 Å². The van der Waals surface area contributed by atoms with Crippen LogP contribution in [0, 0.1) is 0 Å². The maximum atomic E-state index is 11.7. The first-order valence-corrected chi connectivity index (χ1v) is 7.54. The zero-order chi connectivity index (χ0) is 13.9.